The van der Waals surface area contributed by atoms with Gasteiger partial charge in [-0.1, -0.05) is 40.1 Å². The molecule has 2 aliphatic rings. The SMILES string of the molecule is CCCCCC1=CC=C2C=PC=C21. The fourth-order valence-electron chi connectivity index (χ4n) is 1.80. The molecule has 68 valence electrons. The van der Waals surface area contributed by atoms with Crippen LogP contribution >= 0.6 is 8.20 Å². The lowest BCUT2D eigenvalue weighted by molar-refractivity contribution is 0.718. The second-order valence-electron chi connectivity index (χ2n) is 3.59. The predicted molar refractivity (Wildman–Crippen MR) is 61.4 cm³/mol. The fourth-order valence-corrected chi connectivity index (χ4v) is 2.73. The Morgan fingerprint density at radius 3 is 3.00 bits per heavy atom. The van der Waals surface area contributed by atoms with Gasteiger partial charge in [0.15, 0.2) is 0 Å². The van der Waals surface area contributed by atoms with Crippen LogP contribution in [0.2, 0.25) is 0 Å². The molecule has 1 aliphatic carbocycles. The minimum Gasteiger partial charge on any atom is -0.0752 e. The molecule has 2 rings (SSSR count). The second kappa shape index (κ2) is 4.07. The molecule has 0 fully saturated rings. The number of hydrogen-bond acceptors (Lipinski definition) is 0. The molecule has 0 saturated carbocycles. The number of unbranched alkanes of at least 4 members (excludes halogenated alkanes) is 2. The maximum absolute atomic E-state index is 2.33. The van der Waals surface area contributed by atoms with Gasteiger partial charge in [-0.15, -0.1) is 0 Å². The normalized spacial score (nSPS) is 19.6. The Morgan fingerprint density at radius 1 is 1.23 bits per heavy atom. The van der Waals surface area contributed by atoms with Crippen molar-refractivity contribution >= 4 is 14.0 Å². The highest BCUT2D eigenvalue weighted by atomic mass is 31.1. The number of fused-ring (bicyclic) bond motifs is 1. The molecule has 0 N–H and O–H groups in total. The van der Waals surface area contributed by atoms with Crippen LogP contribution in [0.3, 0.4) is 0 Å². The average molecular weight is 190 g/mol. The van der Waals surface area contributed by atoms with Crippen LogP contribution in [0, 0.1) is 0 Å². The average Bonchev–Trinajstić information content (AvgIpc) is 2.68. The first-order valence-electron chi connectivity index (χ1n) is 5.07. The van der Waals surface area contributed by atoms with Crippen molar-refractivity contribution in [1.29, 1.82) is 0 Å². The first-order chi connectivity index (χ1) is 6.42. The number of allylic oxidation sites excluding steroid dienone is 5. The minimum atomic E-state index is 1.27. The van der Waals surface area contributed by atoms with Gasteiger partial charge in [0.05, 0.1) is 0 Å². The highest BCUT2D eigenvalue weighted by molar-refractivity contribution is 7.43. The Bertz CT molecular complexity index is 316. The van der Waals surface area contributed by atoms with Crippen molar-refractivity contribution < 1.29 is 0 Å². The lowest BCUT2D eigenvalue weighted by Gasteiger charge is -2.04. The van der Waals surface area contributed by atoms with Crippen LogP contribution in [-0.4, -0.2) is 5.80 Å². The van der Waals surface area contributed by atoms with Crippen molar-refractivity contribution in [3.8, 4) is 0 Å². The fraction of sp³-hybridized carbons (Fsp3) is 0.417. The van der Waals surface area contributed by atoms with Gasteiger partial charge < -0.3 is 0 Å². The van der Waals surface area contributed by atoms with E-state index in [1.54, 1.807) is 5.57 Å². The van der Waals surface area contributed by atoms with E-state index in [-0.39, 0.29) is 0 Å². The molecule has 0 atom stereocenters. The third-order valence-corrected chi connectivity index (χ3v) is 3.42. The maximum Gasteiger partial charge on any atom is -0.0103 e. The summed E-state index contributed by atoms with van der Waals surface area (Å²) < 4.78 is 0. The van der Waals surface area contributed by atoms with Crippen molar-refractivity contribution in [1.82, 2.24) is 0 Å². The van der Waals surface area contributed by atoms with Gasteiger partial charge in [-0.3, -0.25) is 0 Å². The molecule has 0 amide bonds. The van der Waals surface area contributed by atoms with E-state index in [2.05, 4.69) is 30.7 Å². The van der Waals surface area contributed by atoms with Gasteiger partial charge in [0, 0.05) is 0 Å². The summed E-state index contributed by atoms with van der Waals surface area (Å²) in [6.45, 7) is 2.26. The van der Waals surface area contributed by atoms with Gasteiger partial charge in [0.2, 0.25) is 0 Å². The molecule has 0 aromatic carbocycles. The summed E-state index contributed by atoms with van der Waals surface area (Å²) >= 11 is 0. The first kappa shape index (κ1) is 8.97. The summed E-state index contributed by atoms with van der Waals surface area (Å²) in [6.07, 6.45) is 9.84. The molecule has 0 aromatic heterocycles. The van der Waals surface area contributed by atoms with Gasteiger partial charge in [-0.2, -0.15) is 0 Å². The van der Waals surface area contributed by atoms with Crippen LogP contribution in [0.4, 0.5) is 0 Å². The summed E-state index contributed by atoms with van der Waals surface area (Å²) in [6, 6.07) is 0. The third-order valence-electron chi connectivity index (χ3n) is 2.59. The van der Waals surface area contributed by atoms with E-state index in [9.17, 15) is 0 Å². The molecule has 1 heterocycles. The maximum atomic E-state index is 2.33. The zero-order valence-corrected chi connectivity index (χ0v) is 8.98. The predicted octanol–water partition coefficient (Wildman–Crippen LogP) is 4.08. The van der Waals surface area contributed by atoms with E-state index in [0.29, 0.717) is 0 Å². The molecular formula is C12H15P. The summed E-state index contributed by atoms with van der Waals surface area (Å²) in [4.78, 5) is 0. The summed E-state index contributed by atoms with van der Waals surface area (Å²) in [5, 5.41) is 0. The van der Waals surface area contributed by atoms with E-state index in [1.807, 2.05) is 0 Å². The van der Waals surface area contributed by atoms with Crippen LogP contribution in [0.5, 0.6) is 0 Å². The van der Waals surface area contributed by atoms with Gasteiger partial charge in [-0.25, -0.2) is 0 Å². The number of rotatable bonds is 4. The van der Waals surface area contributed by atoms with Crippen molar-refractivity contribution in [2.45, 2.75) is 32.6 Å². The summed E-state index contributed by atoms with van der Waals surface area (Å²) in [5.74, 6) is 4.62. The van der Waals surface area contributed by atoms with Crippen molar-refractivity contribution in [2.24, 2.45) is 0 Å². The van der Waals surface area contributed by atoms with Crippen molar-refractivity contribution in [2.75, 3.05) is 0 Å². The third kappa shape index (κ3) is 1.84. The molecule has 0 bridgehead atoms. The molecule has 0 spiro atoms. The quantitative estimate of drug-likeness (QED) is 0.463. The molecule has 1 aliphatic heterocycles. The largest absolute Gasteiger partial charge is 0.0752 e. The Kier molecular flexibility index (Phi) is 2.80. The Balaban J connectivity index is 1.91. The highest BCUT2D eigenvalue weighted by Crippen LogP contribution is 2.35. The Morgan fingerprint density at radius 2 is 2.15 bits per heavy atom. The highest BCUT2D eigenvalue weighted by Gasteiger charge is 2.15. The smallest absolute Gasteiger partial charge is 0.0103 e. The summed E-state index contributed by atoms with van der Waals surface area (Å²) in [7, 11) is 1.37. The van der Waals surface area contributed by atoms with Crippen LogP contribution in [0.25, 0.3) is 0 Å². The van der Waals surface area contributed by atoms with Gasteiger partial charge in [-0.05, 0) is 41.2 Å². The van der Waals surface area contributed by atoms with Crippen LogP contribution in [-0.2, 0) is 0 Å². The molecule has 0 aromatic rings. The number of hydrogen-bond donors (Lipinski definition) is 0. The lowest BCUT2D eigenvalue weighted by Crippen LogP contribution is -1.87. The Hall–Kier alpha value is -0.610. The van der Waals surface area contributed by atoms with E-state index in [1.165, 1.54) is 45.0 Å². The molecule has 0 nitrogen and oxygen atoms in total. The molecule has 1 heteroatoms. The topological polar surface area (TPSA) is 0 Å². The summed E-state index contributed by atoms with van der Waals surface area (Å²) in [5.41, 5.74) is 4.52. The lowest BCUT2D eigenvalue weighted by atomic mass is 10.0. The van der Waals surface area contributed by atoms with E-state index < -0.39 is 0 Å². The van der Waals surface area contributed by atoms with E-state index in [4.69, 9.17) is 0 Å². The monoisotopic (exact) mass is 190 g/mol. The minimum absolute atomic E-state index is 1.27. The Labute approximate surface area is 81.8 Å². The molecule has 0 radical (unpaired) electrons. The zero-order valence-electron chi connectivity index (χ0n) is 8.09. The van der Waals surface area contributed by atoms with Gasteiger partial charge in [0.1, 0.15) is 0 Å². The zero-order chi connectivity index (χ0) is 9.10. The van der Waals surface area contributed by atoms with Crippen LogP contribution < -0.4 is 0 Å². The van der Waals surface area contributed by atoms with Gasteiger partial charge in [0.25, 0.3) is 0 Å². The molecule has 0 unspecified atom stereocenters. The molecule has 13 heavy (non-hydrogen) atoms. The van der Waals surface area contributed by atoms with Crippen molar-refractivity contribution in [3.05, 3.63) is 34.7 Å². The van der Waals surface area contributed by atoms with Crippen LogP contribution in [0.1, 0.15) is 32.6 Å². The standard InChI is InChI=1S/C12H15P/c1-2-3-4-5-10-6-7-11-8-13-9-12(10)11/h6-9H,2-5H2,1H3. The van der Waals surface area contributed by atoms with Crippen LogP contribution in [0.15, 0.2) is 34.7 Å². The first-order valence-corrected chi connectivity index (χ1v) is 6.10. The van der Waals surface area contributed by atoms with E-state index >= 15 is 0 Å². The molecule has 0 saturated heterocycles. The van der Waals surface area contributed by atoms with E-state index in [0.717, 1.165) is 0 Å². The van der Waals surface area contributed by atoms with Crippen molar-refractivity contribution in [3.63, 3.8) is 0 Å². The molecular weight excluding hydrogens is 175 g/mol. The second-order valence-corrected chi connectivity index (χ2v) is 4.41. The van der Waals surface area contributed by atoms with Gasteiger partial charge >= 0.3 is 0 Å².